The van der Waals surface area contributed by atoms with Gasteiger partial charge in [-0.25, -0.2) is 4.79 Å². The third kappa shape index (κ3) is 10.5. The Kier molecular flexibility index (Phi) is 12.3. The minimum Gasteiger partial charge on any atom is -0.508 e. The monoisotopic (exact) mass is 537 g/mol. The molecule has 1 rings (SSSR count). The third-order valence-corrected chi connectivity index (χ3v) is 6.36. The lowest BCUT2D eigenvalue weighted by Gasteiger charge is -2.43. The highest BCUT2D eigenvalue weighted by Gasteiger charge is 2.42. The number of nitrogens with one attached hydrogen (secondary N) is 2. The number of benzene rings is 1. The molecule has 9 heteroatoms. The zero-order valence-electron chi connectivity index (χ0n) is 24.2. The average Bonchev–Trinajstić information content (AvgIpc) is 2.74. The van der Waals surface area contributed by atoms with E-state index in [-0.39, 0.29) is 23.6 Å². The molecule has 0 fully saturated rings. The van der Waals surface area contributed by atoms with Gasteiger partial charge in [0.25, 0.3) is 0 Å². The predicted octanol–water partition coefficient (Wildman–Crippen LogP) is 5.32. The van der Waals surface area contributed by atoms with Crippen LogP contribution in [-0.4, -0.2) is 63.1 Å². The van der Waals surface area contributed by atoms with Crippen LogP contribution in [0.15, 0.2) is 18.2 Å². The second-order valence-electron chi connectivity index (χ2n) is 11.5. The highest BCUT2D eigenvalue weighted by Crippen LogP contribution is 2.32. The molecule has 0 saturated heterocycles. The number of carbonyl (C=O) groups excluding carboxylic acids is 3. The fourth-order valence-electron chi connectivity index (χ4n) is 4.05. The van der Waals surface area contributed by atoms with Crippen molar-refractivity contribution in [2.45, 2.75) is 111 Å². The van der Waals surface area contributed by atoms with Gasteiger partial charge in [0.1, 0.15) is 23.4 Å². The predicted molar refractivity (Wildman–Crippen MR) is 151 cm³/mol. The van der Waals surface area contributed by atoms with Crippen LogP contribution in [0.2, 0.25) is 0 Å². The number of alkyl carbamates (subject to hydrolysis) is 1. The van der Waals surface area contributed by atoms with Gasteiger partial charge in [0, 0.05) is 11.6 Å². The van der Waals surface area contributed by atoms with E-state index in [1.54, 1.807) is 56.5 Å². The Hall–Kier alpha value is -2.42. The van der Waals surface area contributed by atoms with Gasteiger partial charge in [-0.2, -0.15) is 11.8 Å². The third-order valence-electron chi connectivity index (χ3n) is 5.71. The van der Waals surface area contributed by atoms with Gasteiger partial charge in [0.05, 0.1) is 0 Å². The van der Waals surface area contributed by atoms with Crippen LogP contribution in [0.4, 0.5) is 4.79 Å². The van der Waals surface area contributed by atoms with Crippen LogP contribution in [0.5, 0.6) is 5.75 Å². The lowest BCUT2D eigenvalue weighted by atomic mass is 9.94. The average molecular weight is 538 g/mol. The Morgan fingerprint density at radius 3 is 2.19 bits per heavy atom. The number of thioether (sulfide) groups is 1. The maximum atomic E-state index is 14.2. The summed E-state index contributed by atoms with van der Waals surface area (Å²) < 4.78 is 5.43. The topological polar surface area (TPSA) is 108 Å². The molecule has 3 amide bonds. The van der Waals surface area contributed by atoms with E-state index in [2.05, 4.69) is 10.6 Å². The van der Waals surface area contributed by atoms with Crippen LogP contribution in [0, 0.1) is 6.92 Å². The first-order valence-corrected chi connectivity index (χ1v) is 14.3. The molecule has 3 N–H and O–H groups in total. The van der Waals surface area contributed by atoms with Crippen molar-refractivity contribution in [3.63, 3.8) is 0 Å². The quantitative estimate of drug-likeness (QED) is 0.353. The molecule has 0 aromatic heterocycles. The van der Waals surface area contributed by atoms with E-state index < -0.39 is 29.3 Å². The van der Waals surface area contributed by atoms with Gasteiger partial charge >= 0.3 is 6.09 Å². The Balaban J connectivity index is 3.59. The first-order chi connectivity index (χ1) is 17.0. The number of carbonyl (C=O) groups is 3. The first kappa shape index (κ1) is 32.6. The number of phenols is 1. The second-order valence-corrected chi connectivity index (χ2v) is 12.5. The Morgan fingerprint density at radius 2 is 1.70 bits per heavy atom. The number of nitrogens with zero attached hydrogens (tertiary/aromatic N) is 1. The molecule has 0 bridgehead atoms. The van der Waals surface area contributed by atoms with Crippen molar-refractivity contribution in [2.24, 2.45) is 0 Å². The molecule has 0 saturated carbocycles. The lowest BCUT2D eigenvalue weighted by molar-refractivity contribution is -0.148. The van der Waals surface area contributed by atoms with Crippen molar-refractivity contribution in [1.82, 2.24) is 15.5 Å². The van der Waals surface area contributed by atoms with Crippen LogP contribution in [0.25, 0.3) is 0 Å². The van der Waals surface area contributed by atoms with Crippen molar-refractivity contribution in [3.05, 3.63) is 29.3 Å². The summed E-state index contributed by atoms with van der Waals surface area (Å²) in [5, 5.41) is 15.9. The molecule has 210 valence electrons. The SMILES string of the molecule is CCCC(C)NC(=O)C(c1ccc(O)c(C)c1)N(C(=O)C(CCSC)NC(=O)OC(C)(C)C)C(C)(C)C. The first-order valence-electron chi connectivity index (χ1n) is 12.9. The van der Waals surface area contributed by atoms with Crippen LogP contribution in [0.3, 0.4) is 0 Å². The smallest absolute Gasteiger partial charge is 0.408 e. The zero-order valence-corrected chi connectivity index (χ0v) is 25.0. The van der Waals surface area contributed by atoms with E-state index in [9.17, 15) is 19.5 Å². The molecular weight excluding hydrogens is 490 g/mol. The molecule has 0 aliphatic carbocycles. The fourth-order valence-corrected chi connectivity index (χ4v) is 4.52. The normalized spacial score (nSPS) is 14.3. The van der Waals surface area contributed by atoms with Crippen molar-refractivity contribution in [1.29, 1.82) is 0 Å². The largest absolute Gasteiger partial charge is 0.508 e. The summed E-state index contributed by atoms with van der Waals surface area (Å²) in [6.07, 6.45) is 3.33. The van der Waals surface area contributed by atoms with Crippen molar-refractivity contribution >= 4 is 29.7 Å². The second kappa shape index (κ2) is 13.9. The van der Waals surface area contributed by atoms with E-state index in [1.807, 2.05) is 40.9 Å². The van der Waals surface area contributed by atoms with Crippen LogP contribution in [-0.2, 0) is 14.3 Å². The molecule has 37 heavy (non-hydrogen) atoms. The summed E-state index contributed by atoms with van der Waals surface area (Å²) in [6, 6.07) is 3.00. The van der Waals surface area contributed by atoms with Gasteiger partial charge in [-0.3, -0.25) is 9.59 Å². The molecule has 0 heterocycles. The molecule has 0 aliphatic heterocycles. The highest BCUT2D eigenvalue weighted by molar-refractivity contribution is 7.98. The number of hydrogen-bond donors (Lipinski definition) is 3. The standard InChI is InChI=1S/C28H47N3O5S/c1-11-12-19(3)29-24(33)23(20-13-14-22(32)18(2)17-20)31(27(4,5)6)25(34)21(15-16-37-10)30-26(35)36-28(7,8)9/h13-14,17,19,21,23,32H,11-12,15-16H2,1-10H3,(H,29,33)(H,30,35). The summed E-state index contributed by atoms with van der Waals surface area (Å²) in [6.45, 7) is 16.6. The van der Waals surface area contributed by atoms with E-state index in [0.717, 1.165) is 12.8 Å². The van der Waals surface area contributed by atoms with E-state index in [4.69, 9.17) is 4.74 Å². The van der Waals surface area contributed by atoms with Gasteiger partial charge in [0.15, 0.2) is 0 Å². The number of aromatic hydroxyl groups is 1. The van der Waals surface area contributed by atoms with Crippen LogP contribution < -0.4 is 10.6 Å². The lowest BCUT2D eigenvalue weighted by Crippen LogP contribution is -2.59. The molecule has 1 aromatic carbocycles. The highest BCUT2D eigenvalue weighted by atomic mass is 32.2. The van der Waals surface area contributed by atoms with Gasteiger partial charge in [-0.05, 0) is 103 Å². The van der Waals surface area contributed by atoms with Gasteiger partial charge < -0.3 is 25.4 Å². The van der Waals surface area contributed by atoms with Crippen molar-refractivity contribution in [3.8, 4) is 5.75 Å². The van der Waals surface area contributed by atoms with E-state index in [1.165, 1.54) is 6.07 Å². The van der Waals surface area contributed by atoms with Crippen LogP contribution in [0.1, 0.15) is 91.8 Å². The molecule has 0 radical (unpaired) electrons. The molecule has 0 spiro atoms. The number of phenolic OH excluding ortho intramolecular Hbond substituents is 1. The summed E-state index contributed by atoms with van der Waals surface area (Å²) >= 11 is 1.57. The van der Waals surface area contributed by atoms with Crippen molar-refractivity contribution < 1.29 is 24.2 Å². The minimum atomic E-state index is -0.969. The summed E-state index contributed by atoms with van der Waals surface area (Å²) in [5.41, 5.74) is -0.307. The van der Waals surface area contributed by atoms with Gasteiger partial charge in [-0.15, -0.1) is 0 Å². The molecule has 8 nitrogen and oxygen atoms in total. The number of ether oxygens (including phenoxy) is 1. The Morgan fingerprint density at radius 1 is 1.08 bits per heavy atom. The zero-order chi connectivity index (χ0) is 28.6. The van der Waals surface area contributed by atoms with Gasteiger partial charge in [-0.1, -0.05) is 19.4 Å². The van der Waals surface area contributed by atoms with E-state index in [0.29, 0.717) is 23.3 Å². The summed E-state index contributed by atoms with van der Waals surface area (Å²) in [4.78, 5) is 42.2. The fraction of sp³-hybridized carbons (Fsp3) is 0.679. The number of amides is 3. The molecule has 3 atom stereocenters. The molecule has 3 unspecified atom stereocenters. The number of aryl methyl sites for hydroxylation is 1. The Bertz CT molecular complexity index is 923. The summed E-state index contributed by atoms with van der Waals surface area (Å²) in [5.74, 6) is 0.0596. The molecular formula is C28H47N3O5S. The number of hydrogen-bond acceptors (Lipinski definition) is 6. The van der Waals surface area contributed by atoms with Crippen LogP contribution >= 0.6 is 11.8 Å². The summed E-state index contributed by atoms with van der Waals surface area (Å²) in [7, 11) is 0. The molecule has 1 aromatic rings. The molecule has 0 aliphatic rings. The van der Waals surface area contributed by atoms with Gasteiger partial charge in [0.2, 0.25) is 11.8 Å². The Labute approximate surface area is 227 Å². The van der Waals surface area contributed by atoms with Crippen molar-refractivity contribution in [2.75, 3.05) is 12.0 Å². The maximum Gasteiger partial charge on any atom is 0.408 e. The minimum absolute atomic E-state index is 0.0812. The maximum absolute atomic E-state index is 14.2. The van der Waals surface area contributed by atoms with E-state index >= 15 is 0 Å². The number of rotatable bonds is 11.